The summed E-state index contributed by atoms with van der Waals surface area (Å²) in [5, 5.41) is 21.4. The number of nitrogen functional groups attached to an aromatic ring is 1. The Balaban J connectivity index is 1.51. The van der Waals surface area contributed by atoms with Gasteiger partial charge in [0, 0.05) is 17.3 Å². The Morgan fingerprint density at radius 3 is 2.56 bits per heavy atom. The summed E-state index contributed by atoms with van der Waals surface area (Å²) in [6.45, 7) is 1.57. The topological polar surface area (TPSA) is 139 Å². The van der Waals surface area contributed by atoms with Crippen LogP contribution in [0.1, 0.15) is 18.5 Å². The third-order valence-electron chi connectivity index (χ3n) is 5.67. The van der Waals surface area contributed by atoms with Crippen molar-refractivity contribution in [3.05, 3.63) is 60.6 Å². The van der Waals surface area contributed by atoms with Crippen molar-refractivity contribution < 1.29 is 4.42 Å². The fourth-order valence-electron chi connectivity index (χ4n) is 3.84. The molecule has 5 rings (SSSR count). The van der Waals surface area contributed by atoms with Crippen molar-refractivity contribution in [1.29, 1.82) is 5.26 Å². The highest BCUT2D eigenvalue weighted by atomic mass is 16.4. The lowest BCUT2D eigenvalue weighted by molar-refractivity contribution is 0.375. The Bertz CT molecular complexity index is 1290. The fraction of sp³-hybridized carbons (Fsp3) is 0.217. The van der Waals surface area contributed by atoms with Crippen molar-refractivity contribution in [2.24, 2.45) is 0 Å². The molecule has 0 aliphatic carbocycles. The van der Waals surface area contributed by atoms with Crippen molar-refractivity contribution in [2.45, 2.75) is 18.3 Å². The van der Waals surface area contributed by atoms with E-state index in [4.69, 9.17) is 10.2 Å². The number of anilines is 1. The minimum absolute atomic E-state index is 0.192. The van der Waals surface area contributed by atoms with Gasteiger partial charge in [0.05, 0.1) is 23.7 Å². The summed E-state index contributed by atoms with van der Waals surface area (Å²) in [6.07, 6.45) is 4.71. The van der Waals surface area contributed by atoms with E-state index in [9.17, 15) is 5.26 Å². The number of nitrogens with zero attached hydrogens (tertiary/aromatic N) is 6. The summed E-state index contributed by atoms with van der Waals surface area (Å²) in [6, 6.07) is 15.7. The second-order valence-electron chi connectivity index (χ2n) is 7.64. The van der Waals surface area contributed by atoms with E-state index in [1.165, 1.54) is 0 Å². The monoisotopic (exact) mass is 424 g/mol. The number of pyridine rings is 1. The number of hydrogen-bond acceptors (Lipinski definition) is 9. The van der Waals surface area contributed by atoms with Crippen molar-refractivity contribution in [2.75, 3.05) is 18.8 Å². The average Bonchev–Trinajstić information content (AvgIpc) is 3.35. The molecule has 4 heterocycles. The quantitative estimate of drug-likeness (QED) is 0.506. The van der Waals surface area contributed by atoms with Gasteiger partial charge in [0.25, 0.3) is 5.89 Å². The molecule has 32 heavy (non-hydrogen) atoms. The Morgan fingerprint density at radius 2 is 1.78 bits per heavy atom. The van der Waals surface area contributed by atoms with Crippen LogP contribution in [0.2, 0.25) is 0 Å². The molecule has 3 aromatic heterocycles. The van der Waals surface area contributed by atoms with Crippen LogP contribution >= 0.6 is 0 Å². The van der Waals surface area contributed by atoms with Crippen LogP contribution in [0.5, 0.6) is 0 Å². The molecule has 0 atom stereocenters. The van der Waals surface area contributed by atoms with Gasteiger partial charge in [0.2, 0.25) is 5.89 Å². The molecule has 1 aromatic carbocycles. The van der Waals surface area contributed by atoms with Gasteiger partial charge in [-0.2, -0.15) is 5.26 Å². The molecule has 0 saturated carbocycles. The van der Waals surface area contributed by atoms with Crippen LogP contribution in [0.15, 0.2) is 59.3 Å². The summed E-state index contributed by atoms with van der Waals surface area (Å²) in [5.41, 5.74) is 8.69. The molecular weight excluding hydrogens is 404 g/mol. The number of piperidine rings is 1. The molecular formula is C23H20N8O. The second-order valence-corrected chi connectivity index (χ2v) is 7.64. The first kappa shape index (κ1) is 19.8. The zero-order valence-corrected chi connectivity index (χ0v) is 17.2. The smallest absolute Gasteiger partial charge is 0.270 e. The summed E-state index contributed by atoms with van der Waals surface area (Å²) in [4.78, 5) is 13.4. The van der Waals surface area contributed by atoms with E-state index < -0.39 is 5.41 Å². The molecule has 3 N–H and O–H groups in total. The first-order valence-electron chi connectivity index (χ1n) is 10.3. The van der Waals surface area contributed by atoms with Crippen LogP contribution in [0.3, 0.4) is 0 Å². The van der Waals surface area contributed by atoms with Crippen LogP contribution < -0.4 is 11.1 Å². The number of aromatic nitrogens is 5. The highest BCUT2D eigenvalue weighted by molar-refractivity contribution is 5.69. The van der Waals surface area contributed by atoms with Crippen molar-refractivity contribution in [3.63, 3.8) is 0 Å². The van der Waals surface area contributed by atoms with Gasteiger partial charge in [0.1, 0.15) is 5.41 Å². The maximum absolute atomic E-state index is 9.89. The first-order valence-corrected chi connectivity index (χ1v) is 10.3. The SMILES string of the molecule is N#CC1(c2cc(-c3cnc(N)c(-c4nnc(-c5ccccc5)o4)n3)ccn2)CCNCC1. The van der Waals surface area contributed by atoms with Crippen LogP contribution in [-0.4, -0.2) is 38.2 Å². The normalized spacial score (nSPS) is 15.2. The molecule has 1 aliphatic rings. The van der Waals surface area contributed by atoms with E-state index >= 15 is 0 Å². The summed E-state index contributed by atoms with van der Waals surface area (Å²) < 4.78 is 5.81. The third kappa shape index (κ3) is 3.57. The number of hydrogen-bond donors (Lipinski definition) is 2. The van der Waals surface area contributed by atoms with Crippen LogP contribution in [-0.2, 0) is 5.41 Å². The Morgan fingerprint density at radius 1 is 1.00 bits per heavy atom. The lowest BCUT2D eigenvalue weighted by Crippen LogP contribution is -2.39. The number of nitriles is 1. The van der Waals surface area contributed by atoms with Crippen molar-refractivity contribution in [1.82, 2.24) is 30.5 Å². The summed E-state index contributed by atoms with van der Waals surface area (Å²) in [7, 11) is 0. The lowest BCUT2D eigenvalue weighted by atomic mass is 9.77. The zero-order valence-electron chi connectivity index (χ0n) is 17.2. The van der Waals surface area contributed by atoms with Gasteiger partial charge in [-0.25, -0.2) is 9.97 Å². The molecule has 9 heteroatoms. The summed E-state index contributed by atoms with van der Waals surface area (Å²) in [5.74, 6) is 0.759. The van der Waals surface area contributed by atoms with E-state index in [1.54, 1.807) is 12.4 Å². The Kier molecular flexibility index (Phi) is 5.05. The molecule has 0 unspecified atom stereocenters. The van der Waals surface area contributed by atoms with Crippen LogP contribution in [0, 0.1) is 11.3 Å². The van der Waals surface area contributed by atoms with Crippen molar-refractivity contribution in [3.8, 4) is 40.4 Å². The fourth-order valence-corrected chi connectivity index (χ4v) is 3.84. The number of nitrogens with two attached hydrogens (primary N) is 1. The van der Waals surface area contributed by atoms with Crippen LogP contribution in [0.25, 0.3) is 34.3 Å². The highest BCUT2D eigenvalue weighted by Gasteiger charge is 2.35. The van der Waals surface area contributed by atoms with E-state index in [0.29, 0.717) is 30.1 Å². The zero-order chi connectivity index (χ0) is 22.0. The lowest BCUT2D eigenvalue weighted by Gasteiger charge is -2.30. The standard InChI is InChI=1S/C23H20N8O/c24-14-23(7-10-26-11-8-23)18-12-16(6-9-27-18)17-13-28-20(25)19(29-17)22-31-30-21(32-22)15-4-2-1-3-5-15/h1-6,9,12-13,26H,7-8,10-11H2,(H2,25,28). The minimum Gasteiger partial charge on any atom is -0.414 e. The van der Waals surface area contributed by atoms with Gasteiger partial charge < -0.3 is 15.5 Å². The van der Waals surface area contributed by atoms with E-state index in [1.807, 2.05) is 42.5 Å². The van der Waals surface area contributed by atoms with E-state index in [-0.39, 0.29) is 11.7 Å². The molecule has 0 amide bonds. The van der Waals surface area contributed by atoms with Gasteiger partial charge in [-0.15, -0.1) is 10.2 Å². The first-order chi connectivity index (χ1) is 15.7. The largest absolute Gasteiger partial charge is 0.414 e. The molecule has 0 radical (unpaired) electrons. The predicted molar refractivity (Wildman–Crippen MR) is 118 cm³/mol. The number of benzene rings is 1. The van der Waals surface area contributed by atoms with Gasteiger partial charge in [-0.3, -0.25) is 4.98 Å². The van der Waals surface area contributed by atoms with E-state index in [0.717, 1.165) is 29.9 Å². The second kappa shape index (κ2) is 8.17. The maximum atomic E-state index is 9.89. The van der Waals surface area contributed by atoms with Gasteiger partial charge in [-0.05, 0) is 50.2 Å². The molecule has 0 spiro atoms. The van der Waals surface area contributed by atoms with Crippen LogP contribution in [0.4, 0.5) is 5.82 Å². The highest BCUT2D eigenvalue weighted by Crippen LogP contribution is 2.34. The molecule has 1 saturated heterocycles. The van der Waals surface area contributed by atoms with Gasteiger partial charge in [-0.1, -0.05) is 18.2 Å². The Hall–Kier alpha value is -4.16. The van der Waals surface area contributed by atoms with Crippen molar-refractivity contribution >= 4 is 5.82 Å². The molecule has 0 bridgehead atoms. The molecule has 158 valence electrons. The third-order valence-corrected chi connectivity index (χ3v) is 5.67. The number of nitrogens with one attached hydrogen (secondary N) is 1. The summed E-state index contributed by atoms with van der Waals surface area (Å²) >= 11 is 0. The Labute approximate surface area is 184 Å². The molecule has 1 aliphatic heterocycles. The van der Waals surface area contributed by atoms with E-state index in [2.05, 4.69) is 36.5 Å². The van der Waals surface area contributed by atoms with Gasteiger partial charge >= 0.3 is 0 Å². The molecule has 1 fully saturated rings. The maximum Gasteiger partial charge on any atom is 0.270 e. The minimum atomic E-state index is -0.609. The molecule has 4 aromatic rings. The predicted octanol–water partition coefficient (Wildman–Crippen LogP) is 2.98. The van der Waals surface area contributed by atoms with Gasteiger partial charge in [0.15, 0.2) is 11.5 Å². The number of rotatable bonds is 4. The average molecular weight is 424 g/mol. The molecule has 9 nitrogen and oxygen atoms in total.